The highest BCUT2D eigenvalue weighted by Gasteiger charge is 2.44. The molecule has 0 saturated carbocycles. The topological polar surface area (TPSA) is 47.4 Å². The van der Waals surface area contributed by atoms with Gasteiger partial charge in [0.25, 0.3) is 0 Å². The molecule has 0 spiro atoms. The molecule has 0 fully saturated rings. The third-order valence-corrected chi connectivity index (χ3v) is 8.33. The van der Waals surface area contributed by atoms with Crippen LogP contribution in [-0.2, 0) is 10.8 Å². The van der Waals surface area contributed by atoms with Crippen molar-refractivity contribution in [3.05, 3.63) is 215 Å². The van der Waals surface area contributed by atoms with Crippen molar-refractivity contribution in [3.8, 4) is 0 Å². The molecule has 3 heteroatoms. The first-order chi connectivity index (χ1) is 20.3. The minimum Gasteiger partial charge on any atom is -0.364 e. The molecule has 3 aromatic heterocycles. The van der Waals surface area contributed by atoms with Crippen LogP contribution in [0, 0.1) is 0 Å². The largest absolute Gasteiger partial charge is 0.364 e. The smallest absolute Gasteiger partial charge is 0.100 e. The summed E-state index contributed by atoms with van der Waals surface area (Å²) in [6, 6.07) is 56.1. The van der Waals surface area contributed by atoms with Crippen molar-refractivity contribution in [2.45, 2.75) is 10.8 Å². The van der Waals surface area contributed by atoms with Crippen molar-refractivity contribution in [3.63, 3.8) is 0 Å². The second kappa shape index (κ2) is 10.4. The van der Waals surface area contributed by atoms with Crippen LogP contribution in [0.5, 0.6) is 0 Å². The zero-order chi connectivity index (χ0) is 27.5. The first kappa shape index (κ1) is 24.7. The fourth-order valence-electron chi connectivity index (χ4n) is 6.58. The molecule has 0 atom stereocenters. The lowest BCUT2D eigenvalue weighted by molar-refractivity contribution is 0.664. The molecule has 3 N–H and O–H groups in total. The fraction of sp³-hybridized carbons (Fsp3) is 0.0526. The van der Waals surface area contributed by atoms with Gasteiger partial charge in [-0.05, 0) is 58.7 Å². The van der Waals surface area contributed by atoms with E-state index in [0.717, 1.165) is 22.8 Å². The lowest BCUT2D eigenvalue weighted by atomic mass is 9.69. The van der Waals surface area contributed by atoms with Crippen LogP contribution >= 0.6 is 0 Å². The predicted octanol–water partition coefficient (Wildman–Crippen LogP) is 8.44. The first-order valence-corrected chi connectivity index (χ1v) is 14.0. The molecule has 3 heterocycles. The molecule has 0 unspecified atom stereocenters. The van der Waals surface area contributed by atoms with E-state index in [-0.39, 0.29) is 0 Å². The van der Waals surface area contributed by atoms with Crippen molar-refractivity contribution >= 4 is 0 Å². The summed E-state index contributed by atoms with van der Waals surface area (Å²) in [4.78, 5) is 11.2. The Morgan fingerprint density at radius 1 is 0.293 bits per heavy atom. The second-order valence-electron chi connectivity index (χ2n) is 10.4. The normalized spacial score (nSPS) is 11.9. The van der Waals surface area contributed by atoms with E-state index < -0.39 is 10.8 Å². The molecule has 0 saturated heterocycles. The third kappa shape index (κ3) is 3.89. The summed E-state index contributed by atoms with van der Waals surface area (Å²) in [7, 11) is 0. The molecule has 7 rings (SSSR count). The van der Waals surface area contributed by atoms with Gasteiger partial charge in [-0.2, -0.15) is 0 Å². The highest BCUT2D eigenvalue weighted by Crippen LogP contribution is 2.48. The predicted molar refractivity (Wildman–Crippen MR) is 166 cm³/mol. The number of aromatic amines is 3. The highest BCUT2D eigenvalue weighted by atomic mass is 14.8. The molecular weight excluding hydrogens is 498 g/mol. The van der Waals surface area contributed by atoms with Crippen LogP contribution in [0.3, 0.4) is 0 Å². The Hall–Kier alpha value is -5.28. The maximum Gasteiger partial charge on any atom is 0.100 e. The van der Waals surface area contributed by atoms with Crippen molar-refractivity contribution in [1.29, 1.82) is 0 Å². The maximum atomic E-state index is 4.03. The molecule has 4 aromatic carbocycles. The fourth-order valence-corrected chi connectivity index (χ4v) is 6.58. The average molecular weight is 530 g/mol. The Morgan fingerprint density at radius 3 is 0.878 bits per heavy atom. The van der Waals surface area contributed by atoms with E-state index >= 15 is 0 Å². The molecule has 0 radical (unpaired) electrons. The van der Waals surface area contributed by atoms with Crippen molar-refractivity contribution in [1.82, 2.24) is 15.0 Å². The van der Waals surface area contributed by atoms with Crippen LogP contribution in [0.1, 0.15) is 45.0 Å². The summed E-state index contributed by atoms with van der Waals surface area (Å²) in [6.45, 7) is 0. The third-order valence-electron chi connectivity index (χ3n) is 8.33. The summed E-state index contributed by atoms with van der Waals surface area (Å²) in [5, 5.41) is 0. The molecule has 0 bridgehead atoms. The molecule has 0 aliphatic heterocycles. The van der Waals surface area contributed by atoms with Gasteiger partial charge in [0.05, 0.1) is 0 Å². The molecule has 0 aliphatic carbocycles. The van der Waals surface area contributed by atoms with Crippen molar-refractivity contribution in [2.75, 3.05) is 0 Å². The van der Waals surface area contributed by atoms with Gasteiger partial charge in [0.15, 0.2) is 0 Å². The number of hydrogen-bond acceptors (Lipinski definition) is 0. The Kier molecular flexibility index (Phi) is 6.25. The van der Waals surface area contributed by atoms with Crippen molar-refractivity contribution in [2.24, 2.45) is 0 Å². The maximum absolute atomic E-state index is 4.03. The molecule has 0 amide bonds. The Bertz CT molecular complexity index is 1590. The van der Waals surface area contributed by atoms with E-state index in [9.17, 15) is 0 Å². The minimum absolute atomic E-state index is 0.584. The first-order valence-electron chi connectivity index (χ1n) is 14.0. The Labute approximate surface area is 240 Å². The number of rotatable bonds is 8. The lowest BCUT2D eigenvalue weighted by Gasteiger charge is -2.36. The van der Waals surface area contributed by atoms with Crippen LogP contribution in [0.2, 0.25) is 0 Å². The quantitative estimate of drug-likeness (QED) is 0.177. The monoisotopic (exact) mass is 529 g/mol. The Balaban J connectivity index is 1.56. The van der Waals surface area contributed by atoms with E-state index in [0.29, 0.717) is 0 Å². The summed E-state index contributed by atoms with van der Waals surface area (Å²) in [6.07, 6.45) is 4.02. The van der Waals surface area contributed by atoms with Gasteiger partial charge < -0.3 is 15.0 Å². The zero-order valence-corrected chi connectivity index (χ0v) is 22.7. The standard InChI is InChI=1S/C38H31N3/c1-5-15-29(16-6-1)37(33-23-13-27-39-33,30-17-7-2-8-18-30)35-25-26-36(41-35)38(34-24-14-28-40-34,31-19-9-3-10-20-31)32-21-11-4-12-22-32/h1-28,39-41H. The number of hydrogen-bond donors (Lipinski definition) is 3. The van der Waals surface area contributed by atoms with Gasteiger partial charge in [0, 0.05) is 35.2 Å². The van der Waals surface area contributed by atoms with Gasteiger partial charge in [0.1, 0.15) is 10.8 Å². The van der Waals surface area contributed by atoms with E-state index in [1.807, 2.05) is 12.4 Å². The van der Waals surface area contributed by atoms with Gasteiger partial charge in [-0.15, -0.1) is 0 Å². The molecule has 7 aromatic rings. The summed E-state index contributed by atoms with van der Waals surface area (Å²) >= 11 is 0. The summed E-state index contributed by atoms with van der Waals surface area (Å²) in [5.74, 6) is 0. The van der Waals surface area contributed by atoms with E-state index in [2.05, 4.69) is 173 Å². The van der Waals surface area contributed by atoms with Gasteiger partial charge >= 0.3 is 0 Å². The molecule has 0 aliphatic rings. The number of aromatic nitrogens is 3. The minimum atomic E-state index is -0.584. The van der Waals surface area contributed by atoms with Gasteiger partial charge in [-0.3, -0.25) is 0 Å². The van der Waals surface area contributed by atoms with E-state index in [1.54, 1.807) is 0 Å². The van der Waals surface area contributed by atoms with Crippen LogP contribution in [0.25, 0.3) is 0 Å². The van der Waals surface area contributed by atoms with E-state index in [4.69, 9.17) is 0 Å². The molecule has 3 nitrogen and oxygen atoms in total. The van der Waals surface area contributed by atoms with Crippen LogP contribution < -0.4 is 0 Å². The molecule has 198 valence electrons. The average Bonchev–Trinajstić information content (AvgIpc) is 3.86. The van der Waals surface area contributed by atoms with Gasteiger partial charge in [0.2, 0.25) is 0 Å². The lowest BCUT2D eigenvalue weighted by Crippen LogP contribution is -2.34. The van der Waals surface area contributed by atoms with Crippen molar-refractivity contribution < 1.29 is 0 Å². The summed E-state index contributed by atoms with van der Waals surface area (Å²) < 4.78 is 0. The van der Waals surface area contributed by atoms with E-state index in [1.165, 1.54) is 22.3 Å². The van der Waals surface area contributed by atoms with Crippen LogP contribution in [0.4, 0.5) is 0 Å². The zero-order valence-electron chi connectivity index (χ0n) is 22.7. The van der Waals surface area contributed by atoms with Gasteiger partial charge in [-0.1, -0.05) is 121 Å². The highest BCUT2D eigenvalue weighted by molar-refractivity contribution is 5.60. The second-order valence-corrected chi connectivity index (χ2v) is 10.4. The van der Waals surface area contributed by atoms with Gasteiger partial charge in [-0.25, -0.2) is 0 Å². The number of nitrogens with one attached hydrogen (secondary N) is 3. The number of H-pyrrole nitrogens is 3. The summed E-state index contributed by atoms with van der Waals surface area (Å²) in [5.41, 5.74) is 7.97. The Morgan fingerprint density at radius 2 is 0.610 bits per heavy atom. The van der Waals surface area contributed by atoms with Crippen LogP contribution in [0.15, 0.2) is 170 Å². The van der Waals surface area contributed by atoms with Crippen LogP contribution in [-0.4, -0.2) is 15.0 Å². The molecular formula is C38H31N3. The SMILES string of the molecule is c1ccc(C(c2ccccc2)(c2ccc[nH]2)c2ccc(C(c3ccccc3)(c3ccccc3)c3ccc[nH]3)[nH]2)cc1. The number of benzene rings is 4. The molecule has 41 heavy (non-hydrogen) atoms.